The fraction of sp³-hybridized carbons (Fsp3) is 0.692. The molecule has 2 atom stereocenters. The van der Waals surface area contributed by atoms with Gasteiger partial charge in [0.1, 0.15) is 12.1 Å². The molecule has 1 fully saturated rings. The van der Waals surface area contributed by atoms with Crippen LogP contribution in [0.1, 0.15) is 33.1 Å². The highest BCUT2D eigenvalue weighted by atomic mass is 16.5. The molecule has 0 spiro atoms. The number of ether oxygens (including phenoxy) is 2. The van der Waals surface area contributed by atoms with Crippen molar-refractivity contribution < 1.29 is 19.1 Å². The van der Waals surface area contributed by atoms with Crippen LogP contribution in [-0.4, -0.2) is 37.7 Å². The highest BCUT2D eigenvalue weighted by Gasteiger charge is 2.28. The molecule has 1 amide bonds. The van der Waals surface area contributed by atoms with Crippen LogP contribution in [0.25, 0.3) is 0 Å². The van der Waals surface area contributed by atoms with Crippen LogP contribution in [-0.2, 0) is 19.1 Å². The van der Waals surface area contributed by atoms with E-state index in [0.29, 0.717) is 19.4 Å². The summed E-state index contributed by atoms with van der Waals surface area (Å²) in [6.07, 6.45) is 3.51. The molecule has 1 N–H and O–H groups in total. The summed E-state index contributed by atoms with van der Waals surface area (Å²) >= 11 is 0. The normalized spacial score (nSPS) is 20.1. The average Bonchev–Trinajstić information content (AvgIpc) is 2.86. The van der Waals surface area contributed by atoms with Crippen molar-refractivity contribution in [1.82, 2.24) is 5.32 Å². The van der Waals surface area contributed by atoms with Gasteiger partial charge in [-0.2, -0.15) is 0 Å². The Hall–Kier alpha value is -1.36. The minimum absolute atomic E-state index is 0.231. The van der Waals surface area contributed by atoms with Gasteiger partial charge in [-0.25, -0.2) is 4.79 Å². The lowest BCUT2D eigenvalue weighted by Crippen LogP contribution is -2.45. The van der Waals surface area contributed by atoms with Crippen molar-refractivity contribution in [3.63, 3.8) is 0 Å². The summed E-state index contributed by atoms with van der Waals surface area (Å²) in [5.74, 6) is -0.663. The van der Waals surface area contributed by atoms with Gasteiger partial charge in [0.25, 0.3) is 0 Å². The maximum atomic E-state index is 11.9. The minimum Gasteiger partial charge on any atom is -0.467 e. The monoisotopic (exact) mass is 255 g/mol. The Morgan fingerprint density at radius 3 is 2.72 bits per heavy atom. The maximum Gasteiger partial charge on any atom is 0.328 e. The lowest BCUT2D eigenvalue weighted by Gasteiger charge is -2.17. The predicted molar refractivity (Wildman–Crippen MR) is 67.0 cm³/mol. The number of hydrogen-bond donors (Lipinski definition) is 1. The van der Waals surface area contributed by atoms with Crippen LogP contribution in [0.3, 0.4) is 0 Å². The first-order valence-electron chi connectivity index (χ1n) is 6.17. The van der Waals surface area contributed by atoms with E-state index >= 15 is 0 Å². The Morgan fingerprint density at radius 2 is 2.22 bits per heavy atom. The molecule has 18 heavy (non-hydrogen) atoms. The van der Waals surface area contributed by atoms with E-state index in [2.05, 4.69) is 10.1 Å². The van der Waals surface area contributed by atoms with Gasteiger partial charge in [-0.1, -0.05) is 11.6 Å². The number of esters is 1. The Kier molecular flexibility index (Phi) is 5.85. The molecule has 0 bridgehead atoms. The second-order valence-electron chi connectivity index (χ2n) is 4.60. The van der Waals surface area contributed by atoms with Gasteiger partial charge in [0.15, 0.2) is 0 Å². The van der Waals surface area contributed by atoms with E-state index in [1.807, 2.05) is 19.9 Å². The molecule has 0 unspecified atom stereocenters. The van der Waals surface area contributed by atoms with Crippen molar-refractivity contribution in [2.75, 3.05) is 13.7 Å². The number of carbonyl (C=O) groups is 2. The first-order chi connectivity index (χ1) is 8.54. The third-order valence-electron chi connectivity index (χ3n) is 2.79. The van der Waals surface area contributed by atoms with E-state index in [1.165, 1.54) is 7.11 Å². The summed E-state index contributed by atoms with van der Waals surface area (Å²) in [6.45, 7) is 4.49. The molecule has 1 aliphatic rings. The average molecular weight is 255 g/mol. The highest BCUT2D eigenvalue weighted by molar-refractivity contribution is 5.87. The summed E-state index contributed by atoms with van der Waals surface area (Å²) in [4.78, 5) is 23.4. The van der Waals surface area contributed by atoms with Crippen LogP contribution in [0, 0.1) is 0 Å². The van der Waals surface area contributed by atoms with Crippen LogP contribution in [0.15, 0.2) is 11.6 Å². The smallest absolute Gasteiger partial charge is 0.328 e. The molecule has 0 aromatic heterocycles. The van der Waals surface area contributed by atoms with E-state index in [1.54, 1.807) is 0 Å². The number of carbonyl (C=O) groups excluding carboxylic acids is 2. The number of allylic oxidation sites excluding steroid dienone is 1. The minimum atomic E-state index is -0.637. The maximum absolute atomic E-state index is 11.9. The molecule has 0 aliphatic carbocycles. The molecule has 1 heterocycles. The van der Waals surface area contributed by atoms with E-state index in [0.717, 1.165) is 12.0 Å². The lowest BCUT2D eigenvalue weighted by molar-refractivity contribution is -0.146. The molecule has 0 aromatic carbocycles. The molecule has 5 heteroatoms. The lowest BCUT2D eigenvalue weighted by atomic mass is 10.1. The number of rotatable bonds is 5. The Bertz CT molecular complexity index is 328. The van der Waals surface area contributed by atoms with Gasteiger partial charge >= 0.3 is 5.97 Å². The first-order valence-corrected chi connectivity index (χ1v) is 6.17. The van der Waals surface area contributed by atoms with Gasteiger partial charge in [0.05, 0.1) is 7.11 Å². The van der Waals surface area contributed by atoms with E-state index in [-0.39, 0.29) is 5.91 Å². The zero-order chi connectivity index (χ0) is 13.5. The standard InChI is InChI=1S/C13H21NO4/c1-9(2)6-7-10(13(16)17-3)14-12(15)11-5-4-8-18-11/h6,10-11H,4-5,7-8H2,1-3H3,(H,14,15)/t10-,11-/m0/s1. The fourth-order valence-corrected chi connectivity index (χ4v) is 1.76. The molecular weight excluding hydrogens is 234 g/mol. The van der Waals surface area contributed by atoms with Crippen LogP contribution in [0.2, 0.25) is 0 Å². The second-order valence-corrected chi connectivity index (χ2v) is 4.60. The molecule has 0 aromatic rings. The summed E-state index contributed by atoms with van der Waals surface area (Å²) < 4.78 is 9.96. The van der Waals surface area contributed by atoms with Crippen molar-refractivity contribution in [3.05, 3.63) is 11.6 Å². The van der Waals surface area contributed by atoms with Gasteiger partial charge in [0, 0.05) is 6.61 Å². The zero-order valence-electron chi connectivity index (χ0n) is 11.2. The molecule has 1 aliphatic heterocycles. The molecule has 1 rings (SSSR count). The van der Waals surface area contributed by atoms with Crippen molar-refractivity contribution in [1.29, 1.82) is 0 Å². The number of methoxy groups -OCH3 is 1. The SMILES string of the molecule is COC(=O)[C@H](CC=C(C)C)NC(=O)[C@@H]1CCCO1. The van der Waals surface area contributed by atoms with Gasteiger partial charge in [-0.05, 0) is 33.1 Å². The molecule has 0 radical (unpaired) electrons. The third kappa shape index (κ3) is 4.49. The predicted octanol–water partition coefficient (Wildman–Crippen LogP) is 1.18. The summed E-state index contributed by atoms with van der Waals surface area (Å²) in [7, 11) is 1.32. The second kappa shape index (κ2) is 7.16. The number of amides is 1. The molecule has 102 valence electrons. The summed E-state index contributed by atoms with van der Waals surface area (Å²) in [5, 5.41) is 2.68. The van der Waals surface area contributed by atoms with Crippen molar-refractivity contribution in [3.8, 4) is 0 Å². The largest absolute Gasteiger partial charge is 0.467 e. The van der Waals surface area contributed by atoms with Crippen molar-refractivity contribution in [2.45, 2.75) is 45.3 Å². The Labute approximate surface area is 108 Å². The van der Waals surface area contributed by atoms with Crippen LogP contribution < -0.4 is 5.32 Å². The quantitative estimate of drug-likeness (QED) is 0.592. The van der Waals surface area contributed by atoms with Gasteiger partial charge in [0.2, 0.25) is 5.91 Å². The number of hydrogen-bond acceptors (Lipinski definition) is 4. The third-order valence-corrected chi connectivity index (χ3v) is 2.79. The van der Waals surface area contributed by atoms with Gasteiger partial charge < -0.3 is 14.8 Å². The fourth-order valence-electron chi connectivity index (χ4n) is 1.76. The van der Waals surface area contributed by atoms with E-state index < -0.39 is 18.1 Å². The van der Waals surface area contributed by atoms with Gasteiger partial charge in [-0.3, -0.25) is 4.79 Å². The summed E-state index contributed by atoms with van der Waals surface area (Å²) in [6, 6.07) is -0.637. The molecule has 5 nitrogen and oxygen atoms in total. The van der Waals surface area contributed by atoms with Gasteiger partial charge in [-0.15, -0.1) is 0 Å². The van der Waals surface area contributed by atoms with Crippen LogP contribution >= 0.6 is 0 Å². The van der Waals surface area contributed by atoms with E-state index in [4.69, 9.17) is 4.74 Å². The van der Waals surface area contributed by atoms with Crippen molar-refractivity contribution in [2.24, 2.45) is 0 Å². The van der Waals surface area contributed by atoms with Crippen LogP contribution in [0.5, 0.6) is 0 Å². The number of nitrogens with one attached hydrogen (secondary N) is 1. The van der Waals surface area contributed by atoms with Crippen molar-refractivity contribution >= 4 is 11.9 Å². The topological polar surface area (TPSA) is 64.6 Å². The first kappa shape index (κ1) is 14.7. The Morgan fingerprint density at radius 1 is 1.50 bits per heavy atom. The zero-order valence-corrected chi connectivity index (χ0v) is 11.2. The molecule has 0 saturated carbocycles. The summed E-state index contributed by atoms with van der Waals surface area (Å²) in [5.41, 5.74) is 1.09. The van der Waals surface area contributed by atoms with E-state index in [9.17, 15) is 9.59 Å². The molecular formula is C13H21NO4. The highest BCUT2D eigenvalue weighted by Crippen LogP contribution is 2.12. The van der Waals surface area contributed by atoms with Crippen LogP contribution in [0.4, 0.5) is 0 Å². The molecule has 1 saturated heterocycles. The Balaban J connectivity index is 2.56.